The molecular weight excluding hydrogens is 426 g/mol. The van der Waals surface area contributed by atoms with Crippen LogP contribution < -0.4 is 4.74 Å². The molecule has 0 radical (unpaired) electrons. The highest BCUT2D eigenvalue weighted by Crippen LogP contribution is 2.20. The molecule has 3 aromatic carbocycles. The molecule has 1 amide bonds. The maximum Gasteiger partial charge on any atom is 0.227 e. The van der Waals surface area contributed by atoms with Crippen LogP contribution in [0.4, 0.5) is 0 Å². The molecule has 0 atom stereocenters. The predicted octanol–water partition coefficient (Wildman–Crippen LogP) is 5.34. The van der Waals surface area contributed by atoms with Crippen LogP contribution in [0.25, 0.3) is 11.4 Å². The molecule has 174 valence electrons. The summed E-state index contributed by atoms with van der Waals surface area (Å²) in [6.07, 6.45) is 1.52. The number of carbonyl (C=O) groups excluding carboxylic acids is 1. The van der Waals surface area contributed by atoms with E-state index in [2.05, 4.69) is 22.3 Å². The Hall–Kier alpha value is -3.93. The number of hydrogen-bond acceptors (Lipinski definition) is 5. The summed E-state index contributed by atoms with van der Waals surface area (Å²) < 4.78 is 10.9. The fourth-order valence-electron chi connectivity index (χ4n) is 3.72. The highest BCUT2D eigenvalue weighted by atomic mass is 16.5. The lowest BCUT2D eigenvalue weighted by Crippen LogP contribution is -2.32. The standard InChI is InChI=1S/C28H29N3O3/c1-2-33-25-15-13-24(14-16-25)28-29-26(34-30-28)17-18-27(32)31(21-23-11-7-4-8-12-23)20-19-22-9-5-3-6-10-22/h3-16H,2,17-21H2,1H3. The van der Waals surface area contributed by atoms with Gasteiger partial charge in [0.25, 0.3) is 0 Å². The summed E-state index contributed by atoms with van der Waals surface area (Å²) in [6, 6.07) is 27.9. The van der Waals surface area contributed by atoms with Gasteiger partial charge in [-0.1, -0.05) is 65.8 Å². The maximum absolute atomic E-state index is 13.1. The van der Waals surface area contributed by atoms with Gasteiger partial charge in [0.05, 0.1) is 6.61 Å². The number of aryl methyl sites for hydroxylation is 1. The number of carbonyl (C=O) groups is 1. The fraction of sp³-hybridized carbons (Fsp3) is 0.250. The van der Waals surface area contributed by atoms with E-state index in [-0.39, 0.29) is 5.91 Å². The van der Waals surface area contributed by atoms with Gasteiger partial charge in [0.15, 0.2) is 0 Å². The number of rotatable bonds is 11. The summed E-state index contributed by atoms with van der Waals surface area (Å²) in [5.74, 6) is 1.84. The topological polar surface area (TPSA) is 68.5 Å². The second-order valence-corrected chi connectivity index (χ2v) is 8.01. The molecule has 0 aliphatic heterocycles. The quantitative estimate of drug-likeness (QED) is 0.305. The molecule has 1 aromatic heterocycles. The van der Waals surface area contributed by atoms with Crippen molar-refractivity contribution in [3.05, 3.63) is 102 Å². The molecule has 0 saturated heterocycles. The third-order valence-electron chi connectivity index (χ3n) is 5.53. The molecule has 34 heavy (non-hydrogen) atoms. The first-order valence-electron chi connectivity index (χ1n) is 11.6. The van der Waals surface area contributed by atoms with Crippen LogP contribution in [0.15, 0.2) is 89.5 Å². The molecule has 0 N–H and O–H groups in total. The smallest absolute Gasteiger partial charge is 0.227 e. The largest absolute Gasteiger partial charge is 0.494 e. The van der Waals surface area contributed by atoms with Crippen LogP contribution in [0.3, 0.4) is 0 Å². The second-order valence-electron chi connectivity index (χ2n) is 8.01. The summed E-state index contributed by atoms with van der Waals surface area (Å²) in [5, 5.41) is 4.08. The molecule has 0 saturated carbocycles. The first-order valence-corrected chi connectivity index (χ1v) is 11.6. The van der Waals surface area contributed by atoms with Crippen LogP contribution in [0, 0.1) is 0 Å². The van der Waals surface area contributed by atoms with Crippen molar-refractivity contribution in [1.29, 1.82) is 0 Å². The minimum absolute atomic E-state index is 0.0700. The van der Waals surface area contributed by atoms with E-state index in [1.165, 1.54) is 5.56 Å². The van der Waals surface area contributed by atoms with Crippen LogP contribution in [0.1, 0.15) is 30.4 Å². The normalized spacial score (nSPS) is 10.7. The molecule has 0 bridgehead atoms. The lowest BCUT2D eigenvalue weighted by Gasteiger charge is -2.23. The van der Waals surface area contributed by atoms with E-state index in [0.717, 1.165) is 23.3 Å². The monoisotopic (exact) mass is 455 g/mol. The van der Waals surface area contributed by atoms with Crippen molar-refractivity contribution in [2.45, 2.75) is 32.7 Å². The van der Waals surface area contributed by atoms with Gasteiger partial charge in [0.2, 0.25) is 17.6 Å². The first-order chi connectivity index (χ1) is 16.7. The predicted molar refractivity (Wildman–Crippen MR) is 131 cm³/mol. The molecule has 4 aromatic rings. The summed E-state index contributed by atoms with van der Waals surface area (Å²) in [7, 11) is 0. The molecule has 6 heteroatoms. The van der Waals surface area contributed by atoms with E-state index >= 15 is 0 Å². The zero-order chi connectivity index (χ0) is 23.6. The van der Waals surface area contributed by atoms with Crippen LogP contribution in [-0.2, 0) is 24.2 Å². The Morgan fingerprint density at radius 2 is 1.56 bits per heavy atom. The summed E-state index contributed by atoms with van der Waals surface area (Å²) in [6.45, 7) is 3.79. The van der Waals surface area contributed by atoms with Crippen LogP contribution in [-0.4, -0.2) is 34.1 Å². The van der Waals surface area contributed by atoms with Crippen molar-refractivity contribution in [3.63, 3.8) is 0 Å². The average molecular weight is 456 g/mol. The Labute approximate surface area is 200 Å². The zero-order valence-electron chi connectivity index (χ0n) is 19.4. The summed E-state index contributed by atoms with van der Waals surface area (Å²) in [5.41, 5.74) is 3.17. The molecular formula is C28H29N3O3. The van der Waals surface area contributed by atoms with Gasteiger partial charge in [-0.2, -0.15) is 4.98 Å². The number of hydrogen-bond donors (Lipinski definition) is 0. The lowest BCUT2D eigenvalue weighted by atomic mass is 10.1. The Balaban J connectivity index is 1.37. The van der Waals surface area contributed by atoms with E-state index in [0.29, 0.717) is 44.3 Å². The molecule has 6 nitrogen and oxygen atoms in total. The Kier molecular flexibility index (Phi) is 8.06. The van der Waals surface area contributed by atoms with Crippen molar-refractivity contribution in [1.82, 2.24) is 15.0 Å². The fourth-order valence-corrected chi connectivity index (χ4v) is 3.72. The van der Waals surface area contributed by atoms with Crippen molar-refractivity contribution in [2.24, 2.45) is 0 Å². The number of ether oxygens (including phenoxy) is 1. The van der Waals surface area contributed by atoms with E-state index in [1.54, 1.807) is 0 Å². The minimum Gasteiger partial charge on any atom is -0.494 e. The third-order valence-corrected chi connectivity index (χ3v) is 5.53. The summed E-state index contributed by atoms with van der Waals surface area (Å²) in [4.78, 5) is 19.5. The van der Waals surface area contributed by atoms with Gasteiger partial charge in [-0.3, -0.25) is 4.79 Å². The third kappa shape index (κ3) is 6.54. The lowest BCUT2D eigenvalue weighted by molar-refractivity contribution is -0.131. The van der Waals surface area contributed by atoms with Gasteiger partial charge in [0, 0.05) is 31.5 Å². The van der Waals surface area contributed by atoms with Crippen LogP contribution >= 0.6 is 0 Å². The Morgan fingerprint density at radius 3 is 2.24 bits per heavy atom. The SMILES string of the molecule is CCOc1ccc(-c2noc(CCC(=O)N(CCc3ccccc3)Cc3ccccc3)n2)cc1. The van der Waals surface area contributed by atoms with Gasteiger partial charge in [0.1, 0.15) is 5.75 Å². The average Bonchev–Trinajstić information content (AvgIpc) is 3.36. The number of aromatic nitrogens is 2. The highest BCUT2D eigenvalue weighted by molar-refractivity contribution is 5.76. The van der Waals surface area contributed by atoms with E-state index in [9.17, 15) is 4.79 Å². The van der Waals surface area contributed by atoms with Crippen LogP contribution in [0.5, 0.6) is 5.75 Å². The zero-order valence-corrected chi connectivity index (χ0v) is 19.4. The van der Waals surface area contributed by atoms with E-state index in [1.807, 2.05) is 84.6 Å². The van der Waals surface area contributed by atoms with E-state index < -0.39 is 0 Å². The maximum atomic E-state index is 13.1. The Bertz CT molecular complexity index is 1160. The molecule has 0 aliphatic rings. The molecule has 4 rings (SSSR count). The molecule has 0 spiro atoms. The van der Waals surface area contributed by atoms with Gasteiger partial charge in [-0.05, 0) is 48.7 Å². The number of nitrogens with zero attached hydrogens (tertiary/aromatic N) is 3. The van der Waals surface area contributed by atoms with Crippen molar-refractivity contribution >= 4 is 5.91 Å². The van der Waals surface area contributed by atoms with Crippen molar-refractivity contribution in [3.8, 4) is 17.1 Å². The molecule has 0 unspecified atom stereocenters. The molecule has 0 aliphatic carbocycles. The van der Waals surface area contributed by atoms with Gasteiger partial charge >= 0.3 is 0 Å². The summed E-state index contributed by atoms with van der Waals surface area (Å²) >= 11 is 0. The van der Waals surface area contributed by atoms with Gasteiger partial charge in [-0.15, -0.1) is 0 Å². The van der Waals surface area contributed by atoms with E-state index in [4.69, 9.17) is 9.26 Å². The van der Waals surface area contributed by atoms with Gasteiger partial charge < -0.3 is 14.2 Å². The van der Waals surface area contributed by atoms with Gasteiger partial charge in [-0.25, -0.2) is 0 Å². The van der Waals surface area contributed by atoms with Crippen molar-refractivity contribution in [2.75, 3.05) is 13.2 Å². The second kappa shape index (κ2) is 11.8. The first kappa shape index (κ1) is 23.2. The Morgan fingerprint density at radius 1 is 0.882 bits per heavy atom. The van der Waals surface area contributed by atoms with Crippen LogP contribution in [0.2, 0.25) is 0 Å². The molecule has 0 fully saturated rings. The molecule has 1 heterocycles. The number of benzene rings is 3. The van der Waals surface area contributed by atoms with Crippen molar-refractivity contribution < 1.29 is 14.1 Å². The highest BCUT2D eigenvalue weighted by Gasteiger charge is 2.17. The number of amides is 1. The minimum atomic E-state index is 0.0700.